The van der Waals surface area contributed by atoms with E-state index in [1.165, 1.54) is 13.1 Å². The third-order valence-corrected chi connectivity index (χ3v) is 6.34. The van der Waals surface area contributed by atoms with Gasteiger partial charge in [-0.15, -0.1) is 0 Å². The summed E-state index contributed by atoms with van der Waals surface area (Å²) >= 11 is 0. The van der Waals surface area contributed by atoms with E-state index < -0.39 is 80.9 Å². The Kier molecular flexibility index (Phi) is 10.00. The zero-order valence-electron chi connectivity index (χ0n) is 18.8. The summed E-state index contributed by atoms with van der Waals surface area (Å²) in [6, 6.07) is 0. The van der Waals surface area contributed by atoms with Crippen molar-refractivity contribution in [3.05, 3.63) is 0 Å². The van der Waals surface area contributed by atoms with Crippen LogP contribution in [0.5, 0.6) is 0 Å². The second-order valence-electron chi connectivity index (χ2n) is 7.84. The maximum Gasteiger partial charge on any atom is 0.460 e. The van der Waals surface area contributed by atoms with Crippen molar-refractivity contribution in [3.63, 3.8) is 0 Å². The van der Waals surface area contributed by atoms with Gasteiger partial charge in [0, 0.05) is 7.11 Å². The molecule has 0 aromatic heterocycles. The average molecular weight is 645 g/mol. The standard InChI is InChI=1S/C15H14F19NO3Si/c1-37-6(39(2)3)35-5(36)38-4-7(16,17)8(18,19)9(20,21)10(22,23)11(24,25)12(26,27)13(28,29)14(30,31)15(32,33)34/h6,39H,4H2,1-3H3,(H,35,36). The minimum atomic E-state index is -9.01. The largest absolute Gasteiger partial charge is 0.460 e. The van der Waals surface area contributed by atoms with E-state index in [2.05, 4.69) is 9.47 Å². The molecule has 1 N–H and O–H groups in total. The zero-order chi connectivity index (χ0) is 32.1. The van der Waals surface area contributed by atoms with Gasteiger partial charge in [-0.25, -0.2) is 4.79 Å². The van der Waals surface area contributed by atoms with E-state index in [0.29, 0.717) is 0 Å². The van der Waals surface area contributed by atoms with Crippen molar-refractivity contribution < 1.29 is 97.7 Å². The maximum absolute atomic E-state index is 13.7. The van der Waals surface area contributed by atoms with Gasteiger partial charge in [0.15, 0.2) is 6.61 Å². The second-order valence-corrected chi connectivity index (χ2v) is 10.9. The highest BCUT2D eigenvalue weighted by molar-refractivity contribution is 6.57. The predicted octanol–water partition coefficient (Wildman–Crippen LogP) is 6.36. The Morgan fingerprint density at radius 2 is 0.923 bits per heavy atom. The molecule has 0 saturated carbocycles. The molecule has 1 unspecified atom stereocenters. The van der Waals surface area contributed by atoms with Crippen LogP contribution < -0.4 is 5.32 Å². The zero-order valence-corrected chi connectivity index (χ0v) is 19.9. The molecule has 0 aliphatic carbocycles. The number of alkyl carbamates (subject to hydrolysis) is 1. The van der Waals surface area contributed by atoms with E-state index >= 15 is 0 Å². The molecule has 24 heteroatoms. The van der Waals surface area contributed by atoms with Crippen molar-refractivity contribution in [2.24, 2.45) is 0 Å². The molecule has 0 aromatic rings. The lowest BCUT2D eigenvalue weighted by Crippen LogP contribution is -2.76. The van der Waals surface area contributed by atoms with E-state index in [9.17, 15) is 88.2 Å². The van der Waals surface area contributed by atoms with Crippen molar-refractivity contribution in [3.8, 4) is 0 Å². The van der Waals surface area contributed by atoms with Gasteiger partial charge in [0.25, 0.3) is 0 Å². The lowest BCUT2D eigenvalue weighted by molar-refractivity contribution is -0.469. The van der Waals surface area contributed by atoms with Gasteiger partial charge in [-0.2, -0.15) is 83.4 Å². The molecular weight excluding hydrogens is 631 g/mol. The summed E-state index contributed by atoms with van der Waals surface area (Å²) in [5.41, 5.74) is 0. The molecule has 4 nitrogen and oxygen atoms in total. The van der Waals surface area contributed by atoms with Gasteiger partial charge < -0.3 is 9.47 Å². The fourth-order valence-corrected chi connectivity index (χ4v) is 3.31. The number of hydrogen-bond donors (Lipinski definition) is 1. The van der Waals surface area contributed by atoms with Crippen LogP contribution in [0.4, 0.5) is 88.2 Å². The number of nitrogens with one attached hydrogen (secondary N) is 1. The Hall–Kier alpha value is -1.88. The van der Waals surface area contributed by atoms with Crippen LogP contribution in [0.25, 0.3) is 0 Å². The van der Waals surface area contributed by atoms with E-state index in [0.717, 1.165) is 7.11 Å². The van der Waals surface area contributed by atoms with Crippen molar-refractivity contribution in [1.82, 2.24) is 5.32 Å². The highest BCUT2D eigenvalue weighted by Gasteiger charge is 2.96. The second kappa shape index (κ2) is 10.5. The Morgan fingerprint density at radius 1 is 0.615 bits per heavy atom. The molecule has 1 amide bonds. The van der Waals surface area contributed by atoms with Gasteiger partial charge in [-0.3, -0.25) is 5.32 Å². The molecule has 0 spiro atoms. The molecule has 0 heterocycles. The highest BCUT2D eigenvalue weighted by Crippen LogP contribution is 2.65. The molecule has 39 heavy (non-hydrogen) atoms. The van der Waals surface area contributed by atoms with E-state index in [1.54, 1.807) is 5.32 Å². The van der Waals surface area contributed by atoms with E-state index in [1.807, 2.05) is 0 Å². The molecule has 0 fully saturated rings. The van der Waals surface area contributed by atoms with Crippen molar-refractivity contribution in [1.29, 1.82) is 0 Å². The number of rotatable bonds is 12. The lowest BCUT2D eigenvalue weighted by Gasteiger charge is -2.43. The molecule has 0 rings (SSSR count). The topological polar surface area (TPSA) is 47.6 Å². The lowest BCUT2D eigenvalue weighted by atomic mass is 9.87. The summed E-state index contributed by atoms with van der Waals surface area (Å²) < 4.78 is 259. The Labute approximate surface area is 205 Å². The molecular formula is C15H14F19NO3Si. The normalized spacial score (nSPS) is 16.4. The Balaban J connectivity index is 6.49. The summed E-state index contributed by atoms with van der Waals surface area (Å²) in [5.74, 6) is -68.9. The molecule has 0 radical (unpaired) electrons. The molecule has 0 aliphatic rings. The van der Waals surface area contributed by atoms with Crippen LogP contribution in [0.15, 0.2) is 0 Å². The molecule has 234 valence electrons. The minimum Gasteiger partial charge on any atom is -0.443 e. The SMILES string of the molecule is COC(NC(=O)OCC(F)(F)C(F)(F)C(F)(F)C(F)(F)C(F)(F)C(F)(F)C(F)(F)C(F)(F)C(F)(F)F)[SiH](C)C. The Morgan fingerprint density at radius 3 is 1.21 bits per heavy atom. The van der Waals surface area contributed by atoms with Crippen molar-refractivity contribution in [2.45, 2.75) is 72.5 Å². The highest BCUT2D eigenvalue weighted by atomic mass is 28.3. The van der Waals surface area contributed by atoms with Gasteiger partial charge in [0.1, 0.15) is 5.85 Å². The van der Waals surface area contributed by atoms with Crippen LogP contribution in [-0.4, -0.2) is 88.0 Å². The molecule has 1 atom stereocenters. The van der Waals surface area contributed by atoms with Gasteiger partial charge in [-0.1, -0.05) is 13.1 Å². The Bertz CT molecular complexity index is 873. The molecule has 0 bridgehead atoms. The van der Waals surface area contributed by atoms with Crippen molar-refractivity contribution in [2.75, 3.05) is 13.7 Å². The smallest absolute Gasteiger partial charge is 0.443 e. The first-order valence-electron chi connectivity index (χ1n) is 9.31. The number of ether oxygens (including phenoxy) is 2. The molecule has 0 aromatic carbocycles. The summed E-state index contributed by atoms with van der Waals surface area (Å²) in [4.78, 5) is 11.3. The summed E-state index contributed by atoms with van der Waals surface area (Å²) in [6.07, 6.45) is -10.1. The van der Waals surface area contributed by atoms with Crippen LogP contribution in [0, 0.1) is 0 Å². The average Bonchev–Trinajstić information content (AvgIpc) is 2.73. The first-order chi connectivity index (χ1) is 16.8. The van der Waals surface area contributed by atoms with Crippen LogP contribution >= 0.6 is 0 Å². The third-order valence-electron chi connectivity index (χ3n) is 4.69. The van der Waals surface area contributed by atoms with Gasteiger partial charge in [0.2, 0.25) is 0 Å². The van der Waals surface area contributed by atoms with Gasteiger partial charge in [0.05, 0.1) is 8.80 Å². The monoisotopic (exact) mass is 645 g/mol. The summed E-state index contributed by atoms with van der Waals surface area (Å²) in [6.45, 7) is -0.592. The number of methoxy groups -OCH3 is 1. The van der Waals surface area contributed by atoms with Gasteiger partial charge in [-0.05, 0) is 0 Å². The third kappa shape index (κ3) is 5.67. The summed E-state index contributed by atoms with van der Waals surface area (Å²) in [5, 5.41) is 1.55. The number of carbonyl (C=O) groups excluding carboxylic acids is 1. The molecule has 0 saturated heterocycles. The van der Waals surface area contributed by atoms with E-state index in [-0.39, 0.29) is 0 Å². The van der Waals surface area contributed by atoms with Gasteiger partial charge >= 0.3 is 59.6 Å². The number of alkyl halides is 19. The number of halogens is 19. The number of carbonyl (C=O) groups is 1. The van der Waals surface area contributed by atoms with Crippen LogP contribution in [0.3, 0.4) is 0 Å². The number of amides is 1. The quantitative estimate of drug-likeness (QED) is 0.153. The minimum absolute atomic E-state index is 0.896. The van der Waals surface area contributed by atoms with Crippen LogP contribution in [0.1, 0.15) is 0 Å². The van der Waals surface area contributed by atoms with E-state index in [4.69, 9.17) is 0 Å². The van der Waals surface area contributed by atoms with Crippen LogP contribution in [-0.2, 0) is 9.47 Å². The molecule has 0 aliphatic heterocycles. The first kappa shape index (κ1) is 37.1. The fraction of sp³-hybridized carbons (Fsp3) is 0.933. The van der Waals surface area contributed by atoms with Crippen LogP contribution in [0.2, 0.25) is 13.1 Å². The van der Waals surface area contributed by atoms with Crippen molar-refractivity contribution >= 4 is 14.9 Å². The first-order valence-corrected chi connectivity index (χ1v) is 12.3. The summed E-state index contributed by atoms with van der Waals surface area (Å²) in [7, 11) is -1.20. The fourth-order valence-electron chi connectivity index (χ4n) is 2.30. The predicted molar refractivity (Wildman–Crippen MR) is 89.8 cm³/mol. The maximum atomic E-state index is 13.7. The number of hydrogen-bond acceptors (Lipinski definition) is 3.